The van der Waals surface area contributed by atoms with Gasteiger partial charge in [-0.15, -0.1) is 0 Å². The molecule has 5 heteroatoms. The summed E-state index contributed by atoms with van der Waals surface area (Å²) in [6.07, 6.45) is 3.05. The van der Waals surface area contributed by atoms with Crippen molar-refractivity contribution >= 4 is 23.5 Å². The molecule has 1 N–H and O–H groups in total. The van der Waals surface area contributed by atoms with Crippen LogP contribution in [0.5, 0.6) is 0 Å². The van der Waals surface area contributed by atoms with Crippen molar-refractivity contribution in [3.8, 4) is 0 Å². The summed E-state index contributed by atoms with van der Waals surface area (Å²) < 4.78 is 0. The van der Waals surface area contributed by atoms with Crippen molar-refractivity contribution in [2.45, 2.75) is 12.5 Å². The van der Waals surface area contributed by atoms with Gasteiger partial charge in [-0.2, -0.15) is 16.7 Å². The van der Waals surface area contributed by atoms with Crippen LogP contribution in [0, 0.1) is 0 Å². The third-order valence-electron chi connectivity index (χ3n) is 2.68. The first-order chi connectivity index (χ1) is 7.31. The molecule has 1 aromatic heterocycles. The number of anilines is 2. The summed E-state index contributed by atoms with van der Waals surface area (Å²) in [7, 11) is 3.95. The van der Waals surface area contributed by atoms with Gasteiger partial charge in [0.1, 0.15) is 5.82 Å². The molecule has 0 aromatic carbocycles. The zero-order valence-electron chi connectivity index (χ0n) is 9.10. The van der Waals surface area contributed by atoms with Crippen molar-refractivity contribution in [2.24, 2.45) is 0 Å². The molecule has 1 fully saturated rings. The second kappa shape index (κ2) is 4.70. The second-order valence-electron chi connectivity index (χ2n) is 3.62. The summed E-state index contributed by atoms with van der Waals surface area (Å²) >= 11 is 2.01. The van der Waals surface area contributed by atoms with Gasteiger partial charge < -0.3 is 10.2 Å². The normalized spacial score (nSPS) is 20.3. The molecule has 2 rings (SSSR count). The Morgan fingerprint density at radius 3 is 3.13 bits per heavy atom. The molecule has 82 valence electrons. The summed E-state index contributed by atoms with van der Waals surface area (Å²) in [6.45, 7) is 0. The predicted octanol–water partition coefficient (Wildman–Crippen LogP) is 1.46. The maximum Gasteiger partial charge on any atom is 0.224 e. The molecule has 1 saturated heterocycles. The molecule has 1 aromatic rings. The van der Waals surface area contributed by atoms with Crippen molar-refractivity contribution < 1.29 is 0 Å². The van der Waals surface area contributed by atoms with Crippen LogP contribution in [-0.4, -0.2) is 41.6 Å². The van der Waals surface area contributed by atoms with E-state index in [-0.39, 0.29) is 0 Å². The van der Waals surface area contributed by atoms with E-state index in [2.05, 4.69) is 27.2 Å². The fraction of sp³-hybridized carbons (Fsp3) is 0.600. The Kier molecular flexibility index (Phi) is 3.30. The van der Waals surface area contributed by atoms with Crippen molar-refractivity contribution in [3.63, 3.8) is 0 Å². The lowest BCUT2D eigenvalue weighted by atomic mass is 10.2. The van der Waals surface area contributed by atoms with E-state index in [1.807, 2.05) is 24.9 Å². The van der Waals surface area contributed by atoms with Gasteiger partial charge in [-0.25, -0.2) is 4.98 Å². The Balaban J connectivity index is 2.13. The Morgan fingerprint density at radius 1 is 1.60 bits per heavy atom. The molecule has 1 unspecified atom stereocenters. The van der Waals surface area contributed by atoms with Crippen molar-refractivity contribution in [1.82, 2.24) is 9.97 Å². The fourth-order valence-electron chi connectivity index (χ4n) is 1.68. The first kappa shape index (κ1) is 10.5. The van der Waals surface area contributed by atoms with E-state index in [1.165, 1.54) is 17.9 Å². The molecule has 1 atom stereocenters. The molecule has 1 aliphatic heterocycles. The molecule has 0 amide bonds. The molecule has 0 saturated carbocycles. The minimum absolute atomic E-state index is 0.620. The Labute approximate surface area is 94.5 Å². The summed E-state index contributed by atoms with van der Waals surface area (Å²) in [4.78, 5) is 10.8. The summed E-state index contributed by atoms with van der Waals surface area (Å²) in [5.74, 6) is 4.15. The van der Waals surface area contributed by atoms with Crippen LogP contribution in [0.3, 0.4) is 0 Å². The van der Waals surface area contributed by atoms with Crippen LogP contribution in [0.1, 0.15) is 6.42 Å². The predicted molar refractivity (Wildman–Crippen MR) is 65.7 cm³/mol. The van der Waals surface area contributed by atoms with Crippen LogP contribution in [0.15, 0.2) is 12.3 Å². The van der Waals surface area contributed by atoms with Crippen molar-refractivity contribution in [3.05, 3.63) is 12.3 Å². The Morgan fingerprint density at radius 2 is 2.47 bits per heavy atom. The molecule has 2 heterocycles. The van der Waals surface area contributed by atoms with E-state index in [0.717, 1.165) is 5.82 Å². The third-order valence-corrected chi connectivity index (χ3v) is 3.82. The minimum atomic E-state index is 0.620. The molecule has 1 aliphatic rings. The number of rotatable bonds is 3. The van der Waals surface area contributed by atoms with Gasteiger partial charge in [0.2, 0.25) is 5.95 Å². The molecule has 15 heavy (non-hydrogen) atoms. The first-order valence-corrected chi connectivity index (χ1v) is 6.28. The number of hydrogen-bond donors (Lipinski definition) is 1. The average molecular weight is 224 g/mol. The van der Waals surface area contributed by atoms with Crippen LogP contribution in [-0.2, 0) is 0 Å². The van der Waals surface area contributed by atoms with Gasteiger partial charge in [-0.05, 0) is 18.2 Å². The van der Waals surface area contributed by atoms with Gasteiger partial charge in [0.05, 0.1) is 0 Å². The number of aromatic nitrogens is 2. The SMILES string of the molecule is CNc1nccc(N(C)C2CCSC2)n1. The lowest BCUT2D eigenvalue weighted by Gasteiger charge is -2.24. The maximum absolute atomic E-state index is 4.43. The highest BCUT2D eigenvalue weighted by atomic mass is 32.2. The van der Waals surface area contributed by atoms with Gasteiger partial charge in [0.25, 0.3) is 0 Å². The van der Waals surface area contributed by atoms with Crippen LogP contribution in [0.2, 0.25) is 0 Å². The Bertz CT molecular complexity index is 325. The standard InChI is InChI=1S/C10H16N4S/c1-11-10-12-5-3-9(13-10)14(2)8-4-6-15-7-8/h3,5,8H,4,6-7H2,1-2H3,(H,11,12,13). The lowest BCUT2D eigenvalue weighted by molar-refractivity contribution is 0.691. The number of hydrogen-bond acceptors (Lipinski definition) is 5. The van der Waals surface area contributed by atoms with E-state index in [1.54, 1.807) is 6.20 Å². The zero-order chi connectivity index (χ0) is 10.7. The number of thioether (sulfide) groups is 1. The monoisotopic (exact) mass is 224 g/mol. The molecule has 0 radical (unpaired) electrons. The topological polar surface area (TPSA) is 41.1 Å². The first-order valence-electron chi connectivity index (χ1n) is 5.12. The quantitative estimate of drug-likeness (QED) is 0.842. The largest absolute Gasteiger partial charge is 0.357 e. The molecular weight excluding hydrogens is 208 g/mol. The van der Waals surface area contributed by atoms with Gasteiger partial charge in [0.15, 0.2) is 0 Å². The van der Waals surface area contributed by atoms with E-state index in [9.17, 15) is 0 Å². The lowest BCUT2D eigenvalue weighted by Crippen LogP contribution is -2.32. The van der Waals surface area contributed by atoms with E-state index in [4.69, 9.17) is 0 Å². The zero-order valence-corrected chi connectivity index (χ0v) is 9.92. The fourth-order valence-corrected chi connectivity index (χ4v) is 2.95. The van der Waals surface area contributed by atoms with Crippen LogP contribution < -0.4 is 10.2 Å². The molecule has 0 bridgehead atoms. The van der Waals surface area contributed by atoms with E-state index in [0.29, 0.717) is 12.0 Å². The molecule has 4 nitrogen and oxygen atoms in total. The third kappa shape index (κ3) is 2.34. The summed E-state index contributed by atoms with van der Waals surface area (Å²) in [6, 6.07) is 2.58. The van der Waals surface area contributed by atoms with Gasteiger partial charge in [-0.1, -0.05) is 0 Å². The van der Waals surface area contributed by atoms with Crippen molar-refractivity contribution in [2.75, 3.05) is 35.8 Å². The minimum Gasteiger partial charge on any atom is -0.357 e. The van der Waals surface area contributed by atoms with Crippen molar-refractivity contribution in [1.29, 1.82) is 0 Å². The number of nitrogens with one attached hydrogen (secondary N) is 1. The van der Waals surface area contributed by atoms with Crippen LogP contribution in [0.25, 0.3) is 0 Å². The average Bonchev–Trinajstić information content (AvgIpc) is 2.81. The Hall–Kier alpha value is -0.970. The second-order valence-corrected chi connectivity index (χ2v) is 4.77. The highest BCUT2D eigenvalue weighted by Crippen LogP contribution is 2.24. The van der Waals surface area contributed by atoms with E-state index >= 15 is 0 Å². The summed E-state index contributed by atoms with van der Waals surface area (Å²) in [5, 5.41) is 2.96. The molecular formula is C10H16N4S. The highest BCUT2D eigenvalue weighted by Gasteiger charge is 2.21. The van der Waals surface area contributed by atoms with Crippen LogP contribution in [0.4, 0.5) is 11.8 Å². The van der Waals surface area contributed by atoms with Gasteiger partial charge >= 0.3 is 0 Å². The molecule has 0 aliphatic carbocycles. The van der Waals surface area contributed by atoms with Gasteiger partial charge in [0, 0.05) is 32.1 Å². The highest BCUT2D eigenvalue weighted by molar-refractivity contribution is 7.99. The smallest absolute Gasteiger partial charge is 0.224 e. The van der Waals surface area contributed by atoms with Crippen LogP contribution >= 0.6 is 11.8 Å². The number of nitrogens with zero attached hydrogens (tertiary/aromatic N) is 3. The molecule has 0 spiro atoms. The summed E-state index contributed by atoms with van der Waals surface area (Å²) in [5.41, 5.74) is 0. The maximum atomic E-state index is 4.43. The van der Waals surface area contributed by atoms with E-state index < -0.39 is 0 Å². The van der Waals surface area contributed by atoms with Gasteiger partial charge in [-0.3, -0.25) is 0 Å².